The van der Waals surface area contributed by atoms with E-state index in [2.05, 4.69) is 37.8 Å². The first kappa shape index (κ1) is 22.6. The fourth-order valence-electron chi connectivity index (χ4n) is 2.64. The van der Waals surface area contributed by atoms with Crippen LogP contribution in [0.25, 0.3) is 0 Å². The van der Waals surface area contributed by atoms with Crippen LogP contribution in [-0.2, 0) is 22.2 Å². The Balaban J connectivity index is 2.22. The van der Waals surface area contributed by atoms with Crippen molar-refractivity contribution in [3.63, 3.8) is 0 Å². The number of hydrogen-bond acceptors (Lipinski definition) is 9. The highest BCUT2D eigenvalue weighted by Gasteiger charge is 2.18. The van der Waals surface area contributed by atoms with E-state index in [-0.39, 0.29) is 17.3 Å². The van der Waals surface area contributed by atoms with E-state index in [0.717, 1.165) is 13.1 Å². The molecule has 1 fully saturated rings. The van der Waals surface area contributed by atoms with Gasteiger partial charge in [0.15, 0.2) is 11.5 Å². The summed E-state index contributed by atoms with van der Waals surface area (Å²) in [5.74, 6) is -1.08. The first-order valence-electron chi connectivity index (χ1n) is 9.09. The minimum atomic E-state index is -0.783. The number of aliphatic imine (C=N–C) groups is 1. The van der Waals surface area contributed by atoms with Crippen LogP contribution in [0.5, 0.6) is 0 Å². The summed E-state index contributed by atoms with van der Waals surface area (Å²) in [6, 6.07) is -0.632. The van der Waals surface area contributed by atoms with E-state index in [1.807, 2.05) is 0 Å². The summed E-state index contributed by atoms with van der Waals surface area (Å²) in [5.41, 5.74) is 17.2. The molecule has 1 atom stereocenters. The molecule has 0 bridgehead atoms. The van der Waals surface area contributed by atoms with E-state index in [1.165, 1.54) is 6.20 Å². The Morgan fingerprint density at radius 2 is 2.07 bits per heavy atom. The molecule has 0 spiro atoms. The summed E-state index contributed by atoms with van der Waals surface area (Å²) in [6.07, 6.45) is 3.37. The van der Waals surface area contributed by atoms with E-state index in [0.29, 0.717) is 36.9 Å². The average Bonchev–Trinajstić information content (AvgIpc) is 2.66. The highest BCUT2D eigenvalue weighted by Crippen LogP contribution is 2.18. The smallest absolute Gasteiger partial charge is 0.271 e. The fourth-order valence-corrected chi connectivity index (χ4v) is 2.93. The number of nitrogens with two attached hydrogens (primary N) is 3. The van der Waals surface area contributed by atoms with Gasteiger partial charge in [0.05, 0.1) is 19.4 Å². The quantitative estimate of drug-likeness (QED) is 0.210. The maximum Gasteiger partial charge on any atom is 0.271 e. The lowest BCUT2D eigenvalue weighted by Crippen LogP contribution is -2.38. The Kier molecular flexibility index (Phi) is 8.36. The highest BCUT2D eigenvalue weighted by molar-refractivity contribution is 7.78. The molecule has 0 saturated carbocycles. The second kappa shape index (κ2) is 10.7. The summed E-state index contributed by atoms with van der Waals surface area (Å²) >= 11 is 3.37. The molecule has 1 aromatic rings. The molecule has 2 amide bonds. The number of amides is 2. The number of primary amides is 2. The molecule has 0 radical (unpaired) electrons. The number of ether oxygens (including phenoxy) is 1. The summed E-state index contributed by atoms with van der Waals surface area (Å²) in [6.45, 7) is 5.29. The standard InChI is InChI=1S/C17H26N8O3S/c1-2-11(15(19)26)22-12-8-21-14(16(20)27)17(23-12)24-13(29)7-10(18)9-25-3-5-28-6-4-25/h7-8,11H,2-6,9,18H2,1H3,(H2,19,26)(H2,20,27)(H2,22,23,24,29)/p+1/t11-/m1/s1. The molecule has 11 nitrogen and oxygen atoms in total. The molecule has 1 saturated heterocycles. The third kappa shape index (κ3) is 7.00. The second-order valence-electron chi connectivity index (χ2n) is 6.40. The lowest BCUT2D eigenvalue weighted by Gasteiger charge is -2.26. The van der Waals surface area contributed by atoms with Crippen molar-refractivity contribution in [2.45, 2.75) is 19.4 Å². The van der Waals surface area contributed by atoms with Gasteiger partial charge in [0.1, 0.15) is 11.9 Å². The monoisotopic (exact) mass is 423 g/mol. The van der Waals surface area contributed by atoms with Crippen LogP contribution in [0.3, 0.4) is 0 Å². The van der Waals surface area contributed by atoms with Gasteiger partial charge in [-0.3, -0.25) is 14.5 Å². The summed E-state index contributed by atoms with van der Waals surface area (Å²) in [5, 5.41) is 3.20. The number of nitrogens with one attached hydrogen (secondary N) is 1. The molecule has 2 heterocycles. The molecule has 1 aromatic heterocycles. The predicted octanol–water partition coefficient (Wildman–Crippen LogP) is -1.53. The van der Waals surface area contributed by atoms with Gasteiger partial charge in [0, 0.05) is 44.0 Å². The Labute approximate surface area is 174 Å². The number of carbonyl (C=O) groups excluding carboxylic acids is 2. The number of morpholine rings is 1. The van der Waals surface area contributed by atoms with Gasteiger partial charge in [-0.1, -0.05) is 6.92 Å². The number of rotatable bonds is 9. The molecule has 1 aliphatic rings. The van der Waals surface area contributed by atoms with Crippen molar-refractivity contribution in [3.05, 3.63) is 23.7 Å². The van der Waals surface area contributed by atoms with E-state index >= 15 is 0 Å². The zero-order valence-electron chi connectivity index (χ0n) is 16.2. The maximum atomic E-state index is 11.7. The van der Waals surface area contributed by atoms with Crippen LogP contribution in [0.1, 0.15) is 23.8 Å². The van der Waals surface area contributed by atoms with Gasteiger partial charge in [-0.25, -0.2) is 9.97 Å². The van der Waals surface area contributed by atoms with E-state index in [1.54, 1.807) is 13.0 Å². The van der Waals surface area contributed by atoms with E-state index < -0.39 is 17.9 Å². The van der Waals surface area contributed by atoms with Crippen molar-refractivity contribution in [2.24, 2.45) is 22.2 Å². The van der Waals surface area contributed by atoms with Gasteiger partial charge in [0.2, 0.25) is 11.0 Å². The fraction of sp³-hybridized carbons (Fsp3) is 0.471. The van der Waals surface area contributed by atoms with Gasteiger partial charge in [-0.15, -0.1) is 0 Å². The molecule has 1 aliphatic heterocycles. The molecule has 158 valence electrons. The molecular formula is C17H27N8O3S+. The molecule has 29 heavy (non-hydrogen) atoms. The van der Waals surface area contributed by atoms with Gasteiger partial charge >= 0.3 is 0 Å². The van der Waals surface area contributed by atoms with Crippen LogP contribution in [0.4, 0.5) is 11.6 Å². The summed E-state index contributed by atoms with van der Waals surface area (Å²) in [7, 11) is 0. The topological polar surface area (TPSA) is 175 Å². The minimum Gasteiger partial charge on any atom is -0.401 e. The zero-order valence-corrected chi connectivity index (χ0v) is 17.2. The summed E-state index contributed by atoms with van der Waals surface area (Å²) < 4.78 is 5.31. The van der Waals surface area contributed by atoms with Crippen LogP contribution in [0, 0.1) is 0 Å². The highest BCUT2D eigenvalue weighted by atomic mass is 32.1. The molecular weight excluding hydrogens is 396 g/mol. The van der Waals surface area contributed by atoms with Crippen molar-refractivity contribution >= 4 is 41.1 Å². The van der Waals surface area contributed by atoms with Crippen molar-refractivity contribution in [3.8, 4) is 0 Å². The van der Waals surface area contributed by atoms with Crippen LogP contribution >= 0.6 is 0 Å². The first-order chi connectivity index (χ1) is 13.8. The van der Waals surface area contributed by atoms with Crippen molar-refractivity contribution in [2.75, 3.05) is 38.2 Å². The average molecular weight is 424 g/mol. The van der Waals surface area contributed by atoms with Crippen molar-refractivity contribution in [1.29, 1.82) is 0 Å². The third-order valence-corrected chi connectivity index (χ3v) is 4.38. The number of nitrogens with zero attached hydrogens (tertiary/aromatic N) is 4. The second-order valence-corrected chi connectivity index (χ2v) is 6.92. The van der Waals surface area contributed by atoms with Crippen LogP contribution in [0.2, 0.25) is 0 Å². The normalized spacial score (nSPS) is 17.0. The number of anilines is 1. The Hall–Kier alpha value is -2.70. The molecule has 7 N–H and O–H groups in total. The first-order valence-corrected chi connectivity index (χ1v) is 9.59. The number of carbonyl (C=O) groups is 2. The van der Waals surface area contributed by atoms with Crippen LogP contribution in [-0.4, -0.2) is 70.6 Å². The van der Waals surface area contributed by atoms with Gasteiger partial charge in [-0.05, 0) is 6.42 Å². The largest absolute Gasteiger partial charge is 0.401 e. The molecule has 12 heteroatoms. The van der Waals surface area contributed by atoms with Crippen LogP contribution in [0.15, 0.2) is 23.0 Å². The minimum absolute atomic E-state index is 0.0118. The van der Waals surface area contributed by atoms with Gasteiger partial charge in [0.25, 0.3) is 5.91 Å². The lowest BCUT2D eigenvalue weighted by atomic mass is 10.2. The van der Waals surface area contributed by atoms with E-state index in [4.69, 9.17) is 21.9 Å². The van der Waals surface area contributed by atoms with Crippen LogP contribution < -0.4 is 22.5 Å². The van der Waals surface area contributed by atoms with Crippen molar-refractivity contribution < 1.29 is 14.3 Å². The SMILES string of the molecule is CC[C@@H](Nc1cnc(C(N)=O)c(N=C([SH2+])C=C(N)CN2CCOCC2)n1)C(N)=O. The molecule has 2 rings (SSSR count). The predicted molar refractivity (Wildman–Crippen MR) is 114 cm³/mol. The summed E-state index contributed by atoms with van der Waals surface area (Å²) in [4.78, 5) is 37.7. The van der Waals surface area contributed by atoms with E-state index in [9.17, 15) is 9.59 Å². The molecule has 0 aliphatic carbocycles. The zero-order chi connectivity index (χ0) is 21.4. The Bertz CT molecular complexity index is 808. The molecule has 0 aromatic carbocycles. The van der Waals surface area contributed by atoms with Gasteiger partial charge in [-0.2, -0.15) is 4.99 Å². The van der Waals surface area contributed by atoms with Gasteiger partial charge < -0.3 is 27.3 Å². The maximum absolute atomic E-state index is 11.7. The third-order valence-electron chi connectivity index (χ3n) is 4.12. The Morgan fingerprint density at radius 3 is 2.66 bits per heavy atom. The number of aromatic nitrogens is 2. The Morgan fingerprint density at radius 1 is 1.38 bits per heavy atom. The molecule has 0 unspecified atom stereocenters. The van der Waals surface area contributed by atoms with Crippen molar-refractivity contribution in [1.82, 2.24) is 14.9 Å². The lowest BCUT2D eigenvalue weighted by molar-refractivity contribution is -0.118. The number of hydrogen-bond donors (Lipinski definition) is 4.